The number of ether oxygens (including phenoxy) is 4. The van der Waals surface area contributed by atoms with E-state index in [0.717, 1.165) is 0 Å². The van der Waals surface area contributed by atoms with Crippen molar-refractivity contribution in [3.05, 3.63) is 58.2 Å². The van der Waals surface area contributed by atoms with Gasteiger partial charge < -0.3 is 24.7 Å². The van der Waals surface area contributed by atoms with Crippen molar-refractivity contribution in [1.29, 1.82) is 5.26 Å². The average molecular weight is 419 g/mol. The summed E-state index contributed by atoms with van der Waals surface area (Å²) in [5.41, 5.74) is 6.59. The maximum Gasteiger partial charge on any atom is 0.338 e. The number of nitrogens with two attached hydrogens (primary N) is 1. The normalized spacial score (nSPS) is 16.0. The highest BCUT2D eigenvalue weighted by molar-refractivity contribution is 6.31. The Bertz CT molecular complexity index is 914. The molecule has 0 fully saturated rings. The molecule has 0 bridgehead atoms. The molecule has 0 aromatic heterocycles. The molecule has 0 aliphatic carbocycles. The van der Waals surface area contributed by atoms with E-state index in [9.17, 15) is 10.1 Å². The van der Waals surface area contributed by atoms with Gasteiger partial charge in [-0.05, 0) is 32.4 Å². The maximum absolute atomic E-state index is 12.6. The summed E-state index contributed by atoms with van der Waals surface area (Å²) in [6, 6.07) is 5.23. The third-order valence-electron chi connectivity index (χ3n) is 4.13. The summed E-state index contributed by atoms with van der Waals surface area (Å²) >= 11 is 6.53. The lowest BCUT2D eigenvalue weighted by Crippen LogP contribution is -2.25. The standard InChI is InChI=1S/C21H23ClN2O5/c1-5-8-28-17-10-15(22)13(9-16(17)26-6-2)19-14(11-23)20(24)29-12(4)18(19)21(25)27-7-3/h5,9-10,19H,1,6-8,24H2,2-4H3. The zero-order chi connectivity index (χ0) is 21.6. The van der Waals surface area contributed by atoms with E-state index in [4.69, 9.17) is 36.3 Å². The van der Waals surface area contributed by atoms with Crippen LogP contribution in [0.1, 0.15) is 32.3 Å². The number of hydrogen-bond donors (Lipinski definition) is 1. The highest BCUT2D eigenvalue weighted by atomic mass is 35.5. The fraction of sp³-hybridized carbons (Fsp3) is 0.333. The van der Waals surface area contributed by atoms with Crippen LogP contribution < -0.4 is 15.2 Å². The molecule has 0 saturated carbocycles. The molecule has 154 valence electrons. The van der Waals surface area contributed by atoms with E-state index in [1.165, 1.54) is 0 Å². The molecule has 1 unspecified atom stereocenters. The molecule has 7 nitrogen and oxygen atoms in total. The molecule has 8 heteroatoms. The summed E-state index contributed by atoms with van der Waals surface area (Å²) in [6.07, 6.45) is 1.60. The van der Waals surface area contributed by atoms with Gasteiger partial charge in [0.25, 0.3) is 0 Å². The first kappa shape index (κ1) is 22.2. The zero-order valence-corrected chi connectivity index (χ0v) is 17.3. The van der Waals surface area contributed by atoms with Gasteiger partial charge in [-0.3, -0.25) is 0 Å². The predicted molar refractivity (Wildman–Crippen MR) is 108 cm³/mol. The van der Waals surface area contributed by atoms with Crippen LogP contribution in [-0.2, 0) is 14.3 Å². The van der Waals surface area contributed by atoms with Crippen LogP contribution in [0.2, 0.25) is 5.02 Å². The molecule has 0 amide bonds. The first-order valence-electron chi connectivity index (χ1n) is 9.04. The van der Waals surface area contributed by atoms with Crippen LogP contribution in [0.3, 0.4) is 0 Å². The minimum Gasteiger partial charge on any atom is -0.490 e. The van der Waals surface area contributed by atoms with Crippen molar-refractivity contribution in [3.8, 4) is 17.6 Å². The van der Waals surface area contributed by atoms with Crippen molar-refractivity contribution in [3.63, 3.8) is 0 Å². The molecular formula is C21H23ClN2O5. The maximum atomic E-state index is 12.6. The molecule has 2 N–H and O–H groups in total. The number of esters is 1. The summed E-state index contributed by atoms with van der Waals surface area (Å²) in [7, 11) is 0. The lowest BCUT2D eigenvalue weighted by molar-refractivity contribution is -0.139. The lowest BCUT2D eigenvalue weighted by Gasteiger charge is -2.28. The van der Waals surface area contributed by atoms with E-state index < -0.39 is 11.9 Å². The summed E-state index contributed by atoms with van der Waals surface area (Å²) in [6.45, 7) is 9.52. The van der Waals surface area contributed by atoms with E-state index in [1.54, 1.807) is 32.1 Å². The first-order valence-corrected chi connectivity index (χ1v) is 9.42. The van der Waals surface area contributed by atoms with Crippen LogP contribution in [0, 0.1) is 11.3 Å². The summed E-state index contributed by atoms with van der Waals surface area (Å²) in [5.74, 6) is -0.502. The van der Waals surface area contributed by atoms with E-state index >= 15 is 0 Å². The molecule has 2 rings (SSSR count). The van der Waals surface area contributed by atoms with Gasteiger partial charge in [0.2, 0.25) is 5.88 Å². The molecule has 1 aliphatic heterocycles. The lowest BCUT2D eigenvalue weighted by atomic mass is 9.83. The Hall–Kier alpha value is -3.11. The topological polar surface area (TPSA) is 104 Å². The second kappa shape index (κ2) is 9.89. The number of nitrogens with zero attached hydrogens (tertiary/aromatic N) is 1. The largest absolute Gasteiger partial charge is 0.490 e. The summed E-state index contributed by atoms with van der Waals surface area (Å²) in [4.78, 5) is 12.6. The fourth-order valence-electron chi connectivity index (χ4n) is 2.97. The van der Waals surface area contributed by atoms with Crippen molar-refractivity contribution >= 4 is 17.6 Å². The van der Waals surface area contributed by atoms with Gasteiger partial charge in [0.05, 0.1) is 24.7 Å². The number of rotatable bonds is 8. The van der Waals surface area contributed by atoms with Crippen molar-refractivity contribution in [1.82, 2.24) is 0 Å². The molecule has 1 aromatic rings. The van der Waals surface area contributed by atoms with Gasteiger partial charge in [-0.15, -0.1) is 0 Å². The quantitative estimate of drug-likeness (QED) is 0.503. The Morgan fingerprint density at radius 2 is 2.03 bits per heavy atom. The number of nitriles is 1. The molecule has 0 saturated heterocycles. The third-order valence-corrected chi connectivity index (χ3v) is 4.46. The van der Waals surface area contributed by atoms with Crippen LogP contribution in [0.5, 0.6) is 11.5 Å². The zero-order valence-electron chi connectivity index (χ0n) is 16.6. The van der Waals surface area contributed by atoms with E-state index in [2.05, 4.69) is 6.58 Å². The van der Waals surface area contributed by atoms with Crippen LogP contribution in [0.4, 0.5) is 0 Å². The van der Waals surface area contributed by atoms with Crippen molar-refractivity contribution < 1.29 is 23.7 Å². The minimum atomic E-state index is -0.868. The second-order valence-electron chi connectivity index (χ2n) is 5.97. The van der Waals surface area contributed by atoms with Crippen molar-refractivity contribution in [2.24, 2.45) is 5.73 Å². The molecule has 1 atom stereocenters. The van der Waals surface area contributed by atoms with E-state index in [-0.39, 0.29) is 41.0 Å². The van der Waals surface area contributed by atoms with Gasteiger partial charge in [-0.2, -0.15) is 5.26 Å². The molecular weight excluding hydrogens is 396 g/mol. The Morgan fingerprint density at radius 1 is 1.34 bits per heavy atom. The van der Waals surface area contributed by atoms with E-state index in [0.29, 0.717) is 23.7 Å². The van der Waals surface area contributed by atoms with Crippen LogP contribution >= 0.6 is 11.6 Å². The van der Waals surface area contributed by atoms with Gasteiger partial charge in [-0.25, -0.2) is 4.79 Å². The number of allylic oxidation sites excluding steroid dienone is 2. The van der Waals surface area contributed by atoms with Gasteiger partial charge in [0, 0.05) is 11.1 Å². The van der Waals surface area contributed by atoms with Crippen LogP contribution in [-0.4, -0.2) is 25.8 Å². The molecule has 29 heavy (non-hydrogen) atoms. The molecule has 1 aromatic carbocycles. The second-order valence-corrected chi connectivity index (χ2v) is 6.38. The Morgan fingerprint density at radius 3 is 2.62 bits per heavy atom. The van der Waals surface area contributed by atoms with Gasteiger partial charge in [0.1, 0.15) is 24.0 Å². The molecule has 1 heterocycles. The van der Waals surface area contributed by atoms with Crippen molar-refractivity contribution in [2.75, 3.05) is 19.8 Å². The first-order chi connectivity index (χ1) is 13.9. The number of benzene rings is 1. The molecule has 1 aliphatic rings. The Balaban J connectivity index is 2.70. The highest BCUT2D eigenvalue weighted by Crippen LogP contribution is 2.45. The summed E-state index contributed by atoms with van der Waals surface area (Å²) < 4.78 is 21.9. The highest BCUT2D eigenvalue weighted by Gasteiger charge is 2.38. The third kappa shape index (κ3) is 4.66. The van der Waals surface area contributed by atoms with Gasteiger partial charge in [0.15, 0.2) is 11.5 Å². The van der Waals surface area contributed by atoms with Gasteiger partial charge in [-0.1, -0.05) is 24.3 Å². The van der Waals surface area contributed by atoms with Crippen LogP contribution in [0.15, 0.2) is 47.6 Å². The smallest absolute Gasteiger partial charge is 0.338 e. The van der Waals surface area contributed by atoms with Crippen LogP contribution in [0.25, 0.3) is 0 Å². The SMILES string of the molecule is C=CCOc1cc(Cl)c(C2C(C#N)=C(N)OC(C)=C2C(=O)OCC)cc1OCC. The summed E-state index contributed by atoms with van der Waals surface area (Å²) in [5, 5.41) is 9.96. The Kier molecular flexibility index (Phi) is 7.57. The number of halogens is 1. The number of hydrogen-bond acceptors (Lipinski definition) is 7. The van der Waals surface area contributed by atoms with Gasteiger partial charge >= 0.3 is 5.97 Å². The molecule has 0 radical (unpaired) electrons. The number of carbonyl (C=O) groups excluding carboxylic acids is 1. The van der Waals surface area contributed by atoms with Crippen molar-refractivity contribution in [2.45, 2.75) is 26.7 Å². The predicted octanol–water partition coefficient (Wildman–Crippen LogP) is 3.95. The average Bonchev–Trinajstić information content (AvgIpc) is 2.67. The Labute approximate surface area is 174 Å². The molecule has 0 spiro atoms. The minimum absolute atomic E-state index is 0.0581. The fourth-order valence-corrected chi connectivity index (χ4v) is 3.23. The number of carbonyl (C=O) groups is 1. The monoisotopic (exact) mass is 418 g/mol. The van der Waals surface area contributed by atoms with E-state index in [1.807, 2.05) is 13.0 Å².